The van der Waals surface area contributed by atoms with Crippen LogP contribution in [0, 0.1) is 5.82 Å². The van der Waals surface area contributed by atoms with Gasteiger partial charge in [0.25, 0.3) is 6.43 Å². The Morgan fingerprint density at radius 2 is 2.20 bits per heavy atom. The Kier molecular flexibility index (Phi) is 3.13. The van der Waals surface area contributed by atoms with Crippen LogP contribution in [0.25, 0.3) is 0 Å². The molecule has 0 fully saturated rings. The number of carboxylic acids is 1. The zero-order valence-corrected chi connectivity index (χ0v) is 7.38. The molecule has 0 amide bonds. The summed E-state index contributed by atoms with van der Waals surface area (Å²) in [4.78, 5) is 13.5. The van der Waals surface area contributed by atoms with Gasteiger partial charge >= 0.3 is 5.97 Å². The predicted octanol–water partition coefficient (Wildman–Crippen LogP) is 1.37. The Morgan fingerprint density at radius 1 is 1.60 bits per heavy atom. The van der Waals surface area contributed by atoms with Gasteiger partial charge in [0, 0.05) is 5.56 Å². The van der Waals surface area contributed by atoms with Crippen molar-refractivity contribution in [3.8, 4) is 0 Å². The number of hydrogen-bond acceptors (Lipinski definition) is 3. The molecule has 82 valence electrons. The second kappa shape index (κ2) is 4.16. The van der Waals surface area contributed by atoms with Crippen molar-refractivity contribution < 1.29 is 23.1 Å². The molecule has 0 aliphatic rings. The first-order valence-electron chi connectivity index (χ1n) is 3.86. The Balaban J connectivity index is 3.28. The van der Waals surface area contributed by atoms with Crippen LogP contribution in [-0.2, 0) is 11.2 Å². The van der Waals surface area contributed by atoms with E-state index < -0.39 is 41.6 Å². The molecule has 0 unspecified atom stereocenters. The summed E-state index contributed by atoms with van der Waals surface area (Å²) in [5.74, 6) is -2.38. The minimum Gasteiger partial charge on any atom is -0.481 e. The van der Waals surface area contributed by atoms with Crippen molar-refractivity contribution in [1.29, 1.82) is 0 Å². The molecule has 4 nitrogen and oxygen atoms in total. The van der Waals surface area contributed by atoms with Crippen molar-refractivity contribution in [3.63, 3.8) is 0 Å². The van der Waals surface area contributed by atoms with Gasteiger partial charge in [0.1, 0.15) is 5.69 Å². The SMILES string of the molecule is Nc1c(F)cnc(C(F)F)c1CC(=O)O. The first-order valence-corrected chi connectivity index (χ1v) is 3.86. The number of aromatic nitrogens is 1. The summed E-state index contributed by atoms with van der Waals surface area (Å²) in [7, 11) is 0. The number of rotatable bonds is 3. The standard InChI is InChI=1S/C8H7F3N2O2/c9-4-2-13-7(8(10)11)3(6(4)12)1-5(14)15/h2,8H,1H2,(H2,12,13)(H,14,15). The number of nitrogens with two attached hydrogens (primary N) is 1. The molecule has 1 heterocycles. The topological polar surface area (TPSA) is 76.2 Å². The molecule has 1 aromatic rings. The highest BCUT2D eigenvalue weighted by atomic mass is 19.3. The number of nitrogens with zero attached hydrogens (tertiary/aromatic N) is 1. The highest BCUT2D eigenvalue weighted by Gasteiger charge is 2.21. The van der Waals surface area contributed by atoms with Crippen LogP contribution in [0.5, 0.6) is 0 Å². The fraction of sp³-hybridized carbons (Fsp3) is 0.250. The van der Waals surface area contributed by atoms with Gasteiger partial charge in [0.15, 0.2) is 5.82 Å². The van der Waals surface area contributed by atoms with Gasteiger partial charge in [0.2, 0.25) is 0 Å². The first-order chi connectivity index (χ1) is 6.93. The summed E-state index contributed by atoms with van der Waals surface area (Å²) >= 11 is 0. The number of pyridine rings is 1. The largest absolute Gasteiger partial charge is 0.481 e. The van der Waals surface area contributed by atoms with E-state index in [-0.39, 0.29) is 0 Å². The molecular weight excluding hydrogens is 213 g/mol. The zero-order chi connectivity index (χ0) is 11.6. The van der Waals surface area contributed by atoms with Crippen molar-refractivity contribution >= 4 is 11.7 Å². The number of carbonyl (C=O) groups is 1. The van der Waals surface area contributed by atoms with Gasteiger partial charge < -0.3 is 10.8 Å². The van der Waals surface area contributed by atoms with Crippen molar-refractivity contribution in [3.05, 3.63) is 23.3 Å². The van der Waals surface area contributed by atoms with Crippen LogP contribution < -0.4 is 5.73 Å². The molecule has 7 heteroatoms. The second-order valence-corrected chi connectivity index (χ2v) is 2.75. The van der Waals surface area contributed by atoms with Crippen LogP contribution in [0.1, 0.15) is 17.7 Å². The molecule has 0 saturated carbocycles. The maximum Gasteiger partial charge on any atom is 0.307 e. The van der Waals surface area contributed by atoms with Gasteiger partial charge in [-0.1, -0.05) is 0 Å². The van der Waals surface area contributed by atoms with Crippen LogP contribution in [0.4, 0.5) is 18.9 Å². The van der Waals surface area contributed by atoms with Crippen molar-refractivity contribution in [2.45, 2.75) is 12.8 Å². The number of anilines is 1. The van der Waals surface area contributed by atoms with E-state index in [9.17, 15) is 18.0 Å². The highest BCUT2D eigenvalue weighted by molar-refractivity contribution is 5.73. The summed E-state index contributed by atoms with van der Waals surface area (Å²) in [5.41, 5.74) is 3.29. The van der Waals surface area contributed by atoms with Gasteiger partial charge in [-0.3, -0.25) is 9.78 Å². The molecule has 0 aromatic carbocycles. The number of halogens is 3. The third kappa shape index (κ3) is 2.36. The maximum atomic E-state index is 12.8. The van der Waals surface area contributed by atoms with E-state index in [1.54, 1.807) is 0 Å². The summed E-state index contributed by atoms with van der Waals surface area (Å²) in [5, 5.41) is 8.44. The van der Waals surface area contributed by atoms with Crippen LogP contribution in [-0.4, -0.2) is 16.1 Å². The van der Waals surface area contributed by atoms with E-state index in [1.807, 2.05) is 0 Å². The Bertz CT molecular complexity index is 396. The number of hydrogen-bond donors (Lipinski definition) is 2. The lowest BCUT2D eigenvalue weighted by Gasteiger charge is -2.09. The summed E-state index contributed by atoms with van der Waals surface area (Å²) in [6.45, 7) is 0. The molecule has 1 aromatic heterocycles. The average Bonchev–Trinajstić information content (AvgIpc) is 2.12. The van der Waals surface area contributed by atoms with Crippen LogP contribution in [0.3, 0.4) is 0 Å². The lowest BCUT2D eigenvalue weighted by molar-refractivity contribution is -0.136. The summed E-state index contributed by atoms with van der Waals surface area (Å²) < 4.78 is 37.6. The molecule has 1 rings (SSSR count). The highest BCUT2D eigenvalue weighted by Crippen LogP contribution is 2.26. The lowest BCUT2D eigenvalue weighted by atomic mass is 10.1. The lowest BCUT2D eigenvalue weighted by Crippen LogP contribution is -2.10. The Morgan fingerprint density at radius 3 is 2.67 bits per heavy atom. The molecule has 15 heavy (non-hydrogen) atoms. The summed E-state index contributed by atoms with van der Waals surface area (Å²) in [6.07, 6.45) is -3.22. The minimum absolute atomic E-state index is 0.475. The maximum absolute atomic E-state index is 12.8. The van der Waals surface area contributed by atoms with Crippen LogP contribution in [0.2, 0.25) is 0 Å². The van der Waals surface area contributed by atoms with E-state index in [0.717, 1.165) is 0 Å². The van der Waals surface area contributed by atoms with E-state index in [1.165, 1.54) is 0 Å². The van der Waals surface area contributed by atoms with Crippen molar-refractivity contribution in [1.82, 2.24) is 4.98 Å². The van der Waals surface area contributed by atoms with Crippen molar-refractivity contribution in [2.75, 3.05) is 5.73 Å². The number of carboxylic acid groups (broad SMARTS) is 1. The van der Waals surface area contributed by atoms with E-state index in [2.05, 4.69) is 4.98 Å². The van der Waals surface area contributed by atoms with E-state index in [0.29, 0.717) is 6.20 Å². The smallest absolute Gasteiger partial charge is 0.307 e. The van der Waals surface area contributed by atoms with Crippen LogP contribution >= 0.6 is 0 Å². The molecular formula is C8H7F3N2O2. The number of nitrogen functional groups attached to an aromatic ring is 1. The van der Waals surface area contributed by atoms with Crippen LogP contribution in [0.15, 0.2) is 6.20 Å². The quantitative estimate of drug-likeness (QED) is 0.806. The van der Waals surface area contributed by atoms with E-state index in [4.69, 9.17) is 10.8 Å². The third-order valence-corrected chi connectivity index (χ3v) is 1.74. The first kappa shape index (κ1) is 11.3. The molecule has 0 saturated heterocycles. The van der Waals surface area contributed by atoms with E-state index >= 15 is 0 Å². The van der Waals surface area contributed by atoms with Gasteiger partial charge in [-0.15, -0.1) is 0 Å². The Hall–Kier alpha value is -1.79. The monoisotopic (exact) mass is 220 g/mol. The molecule has 0 radical (unpaired) electrons. The fourth-order valence-electron chi connectivity index (χ4n) is 1.08. The molecule has 3 N–H and O–H groups in total. The fourth-order valence-corrected chi connectivity index (χ4v) is 1.08. The Labute approximate surface area is 82.5 Å². The van der Waals surface area contributed by atoms with Gasteiger partial charge in [0.05, 0.1) is 18.3 Å². The molecule has 0 bridgehead atoms. The van der Waals surface area contributed by atoms with Gasteiger partial charge in [-0.25, -0.2) is 13.2 Å². The van der Waals surface area contributed by atoms with Gasteiger partial charge in [-0.2, -0.15) is 0 Å². The number of alkyl halides is 2. The third-order valence-electron chi connectivity index (χ3n) is 1.74. The summed E-state index contributed by atoms with van der Waals surface area (Å²) in [6, 6.07) is 0. The van der Waals surface area contributed by atoms with Crippen molar-refractivity contribution in [2.24, 2.45) is 0 Å². The molecule has 0 aliphatic heterocycles. The predicted molar refractivity (Wildman–Crippen MR) is 44.9 cm³/mol. The molecule has 0 aliphatic carbocycles. The minimum atomic E-state index is -2.98. The zero-order valence-electron chi connectivity index (χ0n) is 7.38. The average molecular weight is 220 g/mol. The van der Waals surface area contributed by atoms with Gasteiger partial charge in [-0.05, 0) is 0 Å². The number of aliphatic carboxylic acids is 1. The normalized spacial score (nSPS) is 10.7. The second-order valence-electron chi connectivity index (χ2n) is 2.75. The molecule has 0 spiro atoms. The molecule has 0 atom stereocenters.